The van der Waals surface area contributed by atoms with Crippen molar-refractivity contribution in [3.63, 3.8) is 0 Å². The number of benzene rings is 1. The third-order valence-corrected chi connectivity index (χ3v) is 2.43. The van der Waals surface area contributed by atoms with E-state index < -0.39 is 0 Å². The van der Waals surface area contributed by atoms with Gasteiger partial charge in [-0.1, -0.05) is 24.3 Å². The topological polar surface area (TPSA) is 39.2 Å². The van der Waals surface area contributed by atoms with Crippen molar-refractivity contribution in [2.24, 2.45) is 0 Å². The predicted molar refractivity (Wildman–Crippen MR) is 61.9 cm³/mol. The summed E-state index contributed by atoms with van der Waals surface area (Å²) in [6.45, 7) is 3.23. The minimum absolute atomic E-state index is 0.290. The zero-order valence-corrected chi connectivity index (χ0v) is 9.31. The van der Waals surface area contributed by atoms with E-state index in [4.69, 9.17) is 4.74 Å². The Morgan fingerprint density at radius 1 is 1.31 bits per heavy atom. The molecule has 3 nitrogen and oxygen atoms in total. The summed E-state index contributed by atoms with van der Waals surface area (Å²) in [5.41, 5.74) is 0.799. The van der Waals surface area contributed by atoms with Crippen molar-refractivity contribution in [1.82, 2.24) is 4.98 Å². The smallest absolute Gasteiger partial charge is 0.303 e. The van der Waals surface area contributed by atoms with Gasteiger partial charge in [0.2, 0.25) is 0 Å². The summed E-state index contributed by atoms with van der Waals surface area (Å²) in [5, 5.41) is 2.13. The Bertz CT molecular complexity index is 517. The molecule has 0 saturated heterocycles. The molecule has 0 N–H and O–H groups in total. The molecule has 1 aromatic carbocycles. The van der Waals surface area contributed by atoms with Gasteiger partial charge in [-0.05, 0) is 18.4 Å². The van der Waals surface area contributed by atoms with Crippen LogP contribution in [0.5, 0.6) is 0 Å². The van der Waals surface area contributed by atoms with Crippen molar-refractivity contribution >= 4 is 16.7 Å². The van der Waals surface area contributed by atoms with Gasteiger partial charge in [-0.15, -0.1) is 0 Å². The molecule has 0 aliphatic rings. The molecule has 1 atom stereocenters. The molecule has 0 saturated carbocycles. The highest BCUT2D eigenvalue weighted by Crippen LogP contribution is 2.23. The number of hydrogen-bond donors (Lipinski definition) is 0. The van der Waals surface area contributed by atoms with Crippen molar-refractivity contribution in [2.75, 3.05) is 0 Å². The highest BCUT2D eigenvalue weighted by Gasteiger charge is 2.12. The van der Waals surface area contributed by atoms with E-state index in [0.717, 1.165) is 16.5 Å². The van der Waals surface area contributed by atoms with Crippen molar-refractivity contribution in [2.45, 2.75) is 20.0 Å². The molecule has 0 fully saturated rings. The zero-order chi connectivity index (χ0) is 11.5. The second-order valence-electron chi connectivity index (χ2n) is 3.67. The number of carbonyl (C=O) groups excluding carboxylic acids is 1. The number of hydrogen-bond acceptors (Lipinski definition) is 3. The van der Waals surface area contributed by atoms with Crippen LogP contribution < -0.4 is 0 Å². The Morgan fingerprint density at radius 3 is 2.81 bits per heavy atom. The van der Waals surface area contributed by atoms with Crippen LogP contribution in [0, 0.1) is 0 Å². The molecule has 16 heavy (non-hydrogen) atoms. The molecule has 1 heterocycles. The highest BCUT2D eigenvalue weighted by atomic mass is 16.5. The maximum atomic E-state index is 10.9. The molecule has 2 rings (SSSR count). The van der Waals surface area contributed by atoms with Crippen LogP contribution in [0.25, 0.3) is 10.8 Å². The standard InChI is InChI=1S/C13H13NO2/c1-9(16-10(2)15)13-12-6-4-3-5-11(12)7-8-14-13/h3-9H,1-2H3/t9-/m0/s1. The number of aromatic nitrogens is 1. The monoisotopic (exact) mass is 215 g/mol. The predicted octanol–water partition coefficient (Wildman–Crippen LogP) is 2.86. The number of nitrogens with zero attached hydrogens (tertiary/aromatic N) is 1. The van der Waals surface area contributed by atoms with Gasteiger partial charge in [-0.2, -0.15) is 0 Å². The average Bonchev–Trinajstić information content (AvgIpc) is 2.27. The third-order valence-electron chi connectivity index (χ3n) is 2.43. The van der Waals surface area contributed by atoms with Crippen LogP contribution in [0.3, 0.4) is 0 Å². The van der Waals surface area contributed by atoms with E-state index in [1.165, 1.54) is 6.92 Å². The van der Waals surface area contributed by atoms with Crippen molar-refractivity contribution in [3.8, 4) is 0 Å². The summed E-state index contributed by atoms with van der Waals surface area (Å²) < 4.78 is 5.14. The van der Waals surface area contributed by atoms with Crippen molar-refractivity contribution < 1.29 is 9.53 Å². The van der Waals surface area contributed by atoms with E-state index in [1.807, 2.05) is 37.3 Å². The normalized spacial score (nSPS) is 12.4. The number of pyridine rings is 1. The van der Waals surface area contributed by atoms with Crippen LogP contribution in [0.15, 0.2) is 36.5 Å². The van der Waals surface area contributed by atoms with E-state index in [9.17, 15) is 4.79 Å². The Balaban J connectivity index is 2.47. The maximum absolute atomic E-state index is 10.9. The molecule has 82 valence electrons. The van der Waals surface area contributed by atoms with E-state index in [2.05, 4.69) is 4.98 Å². The van der Waals surface area contributed by atoms with Gasteiger partial charge in [0, 0.05) is 18.5 Å². The first kappa shape index (κ1) is 10.6. The number of rotatable bonds is 2. The van der Waals surface area contributed by atoms with Gasteiger partial charge in [-0.3, -0.25) is 9.78 Å². The first-order valence-corrected chi connectivity index (χ1v) is 5.19. The Kier molecular flexibility index (Phi) is 2.86. The third kappa shape index (κ3) is 2.03. The van der Waals surface area contributed by atoms with Gasteiger partial charge in [0.05, 0.1) is 5.69 Å². The number of carbonyl (C=O) groups is 1. The lowest BCUT2D eigenvalue weighted by molar-refractivity contribution is -0.145. The fraction of sp³-hybridized carbons (Fsp3) is 0.231. The van der Waals surface area contributed by atoms with Crippen LogP contribution in [0.4, 0.5) is 0 Å². The summed E-state index contributed by atoms with van der Waals surface area (Å²) in [4.78, 5) is 15.2. The van der Waals surface area contributed by atoms with Gasteiger partial charge in [0.1, 0.15) is 6.10 Å². The lowest BCUT2D eigenvalue weighted by Crippen LogP contribution is -2.06. The zero-order valence-electron chi connectivity index (χ0n) is 9.31. The fourth-order valence-electron chi connectivity index (χ4n) is 1.77. The summed E-state index contributed by atoms with van der Waals surface area (Å²) in [6, 6.07) is 9.87. The molecular formula is C13H13NO2. The number of ether oxygens (including phenoxy) is 1. The Hall–Kier alpha value is -1.90. The highest BCUT2D eigenvalue weighted by molar-refractivity contribution is 5.84. The molecule has 0 aliphatic heterocycles. The van der Waals surface area contributed by atoms with Crippen molar-refractivity contribution in [3.05, 3.63) is 42.2 Å². The van der Waals surface area contributed by atoms with Gasteiger partial charge in [0.25, 0.3) is 0 Å². The lowest BCUT2D eigenvalue weighted by Gasteiger charge is -2.13. The van der Waals surface area contributed by atoms with Crippen LogP contribution in [-0.4, -0.2) is 11.0 Å². The van der Waals surface area contributed by atoms with Crippen LogP contribution in [0.1, 0.15) is 25.6 Å². The van der Waals surface area contributed by atoms with Gasteiger partial charge in [-0.25, -0.2) is 0 Å². The molecule has 0 spiro atoms. The minimum Gasteiger partial charge on any atom is -0.456 e. The Labute approximate surface area is 94.1 Å². The molecule has 0 bridgehead atoms. The van der Waals surface area contributed by atoms with Crippen LogP contribution >= 0.6 is 0 Å². The number of esters is 1. The molecule has 2 aromatic rings. The Morgan fingerprint density at radius 2 is 2.06 bits per heavy atom. The first-order valence-electron chi connectivity index (χ1n) is 5.19. The molecule has 0 amide bonds. The second kappa shape index (κ2) is 4.31. The summed E-state index contributed by atoms with van der Waals surface area (Å²) >= 11 is 0. The molecule has 0 unspecified atom stereocenters. The maximum Gasteiger partial charge on any atom is 0.303 e. The van der Waals surface area contributed by atoms with Crippen molar-refractivity contribution in [1.29, 1.82) is 0 Å². The van der Waals surface area contributed by atoms with E-state index in [1.54, 1.807) is 6.20 Å². The van der Waals surface area contributed by atoms with E-state index >= 15 is 0 Å². The van der Waals surface area contributed by atoms with Gasteiger partial charge in [0.15, 0.2) is 0 Å². The molecule has 1 aromatic heterocycles. The van der Waals surface area contributed by atoms with Crippen LogP contribution in [-0.2, 0) is 9.53 Å². The van der Waals surface area contributed by atoms with Gasteiger partial charge >= 0.3 is 5.97 Å². The van der Waals surface area contributed by atoms with Crippen LogP contribution in [0.2, 0.25) is 0 Å². The summed E-state index contributed by atoms with van der Waals surface area (Å²) in [5.74, 6) is -0.290. The first-order chi connectivity index (χ1) is 7.68. The summed E-state index contributed by atoms with van der Waals surface area (Å²) in [7, 11) is 0. The fourth-order valence-corrected chi connectivity index (χ4v) is 1.77. The molecule has 0 aliphatic carbocycles. The van der Waals surface area contributed by atoms with Gasteiger partial charge < -0.3 is 4.74 Å². The summed E-state index contributed by atoms with van der Waals surface area (Å²) in [6.07, 6.45) is 1.42. The lowest BCUT2D eigenvalue weighted by atomic mass is 10.1. The molecule has 3 heteroatoms. The molecule has 0 radical (unpaired) electrons. The largest absolute Gasteiger partial charge is 0.456 e. The second-order valence-corrected chi connectivity index (χ2v) is 3.67. The minimum atomic E-state index is -0.316. The SMILES string of the molecule is CC(=O)O[C@@H](C)c1nccc2ccccc12. The average molecular weight is 215 g/mol. The number of fused-ring (bicyclic) bond motifs is 1. The van der Waals surface area contributed by atoms with E-state index in [0.29, 0.717) is 0 Å². The van der Waals surface area contributed by atoms with E-state index in [-0.39, 0.29) is 12.1 Å². The molecular weight excluding hydrogens is 202 g/mol. The quantitative estimate of drug-likeness (QED) is 0.723.